The first-order chi connectivity index (χ1) is 10.1. The van der Waals surface area contributed by atoms with Crippen molar-refractivity contribution in [3.63, 3.8) is 0 Å². The van der Waals surface area contributed by atoms with E-state index in [0.717, 1.165) is 43.2 Å². The summed E-state index contributed by atoms with van der Waals surface area (Å²) in [6.45, 7) is 10.2. The molecule has 4 heteroatoms. The third kappa shape index (κ3) is 5.28. The van der Waals surface area contributed by atoms with Crippen LogP contribution in [0.4, 0.5) is 4.39 Å². The number of nitrogens with one attached hydrogen (secondary N) is 1. The minimum atomic E-state index is -0.0759. The van der Waals surface area contributed by atoms with Crippen LogP contribution in [0.25, 0.3) is 0 Å². The molecular formula is C17H27FN2S. The third-order valence-corrected chi connectivity index (χ3v) is 5.06. The highest BCUT2D eigenvalue weighted by atomic mass is 32.2. The molecule has 1 heterocycles. The van der Waals surface area contributed by atoms with Crippen molar-refractivity contribution >= 4 is 11.8 Å². The third-order valence-electron chi connectivity index (χ3n) is 3.87. The van der Waals surface area contributed by atoms with Gasteiger partial charge in [0.15, 0.2) is 0 Å². The van der Waals surface area contributed by atoms with Crippen molar-refractivity contribution in [3.8, 4) is 0 Å². The van der Waals surface area contributed by atoms with Crippen LogP contribution in [0.5, 0.6) is 0 Å². The lowest BCUT2D eigenvalue weighted by Crippen LogP contribution is -2.39. The van der Waals surface area contributed by atoms with Crippen LogP contribution in [0, 0.1) is 11.7 Å². The van der Waals surface area contributed by atoms with Crippen molar-refractivity contribution < 1.29 is 4.39 Å². The Labute approximate surface area is 132 Å². The minimum absolute atomic E-state index is 0.0759. The zero-order chi connectivity index (χ0) is 15.2. The molecule has 1 aromatic rings. The van der Waals surface area contributed by atoms with E-state index in [0.29, 0.717) is 12.0 Å². The second-order valence-electron chi connectivity index (χ2n) is 6.34. The summed E-state index contributed by atoms with van der Waals surface area (Å²) in [4.78, 5) is 2.39. The number of hydrogen-bond acceptors (Lipinski definition) is 3. The maximum Gasteiger partial charge on any atom is 0.127 e. The van der Waals surface area contributed by atoms with Gasteiger partial charge in [-0.05, 0) is 31.0 Å². The molecule has 1 N–H and O–H groups in total. The van der Waals surface area contributed by atoms with Crippen molar-refractivity contribution in [1.82, 2.24) is 10.2 Å². The largest absolute Gasteiger partial charge is 0.312 e. The van der Waals surface area contributed by atoms with Gasteiger partial charge in [0, 0.05) is 42.7 Å². The van der Waals surface area contributed by atoms with E-state index < -0.39 is 0 Å². The fourth-order valence-electron chi connectivity index (χ4n) is 2.58. The fraction of sp³-hybridized carbons (Fsp3) is 0.647. The Bertz CT molecular complexity index is 450. The maximum absolute atomic E-state index is 14.0. The SMILES string of the molecule is CC(C)CNCc1ccc(F)c(CN2CCSCC2C)c1. The van der Waals surface area contributed by atoms with Crippen LogP contribution in [0.2, 0.25) is 0 Å². The first-order valence-electron chi connectivity index (χ1n) is 7.86. The smallest absolute Gasteiger partial charge is 0.127 e. The average Bonchev–Trinajstić information content (AvgIpc) is 2.44. The molecule has 2 rings (SSSR count). The van der Waals surface area contributed by atoms with E-state index in [-0.39, 0.29) is 5.82 Å². The predicted molar refractivity (Wildman–Crippen MR) is 90.1 cm³/mol. The standard InChI is InChI=1S/C17H27FN2S/c1-13(2)9-19-10-15-4-5-17(18)16(8-15)11-20-6-7-21-12-14(20)3/h4-5,8,13-14,19H,6-7,9-12H2,1-3H3. The molecule has 0 saturated carbocycles. The summed E-state index contributed by atoms with van der Waals surface area (Å²) in [6, 6.07) is 6.06. The molecule has 0 radical (unpaired) electrons. The molecule has 1 unspecified atom stereocenters. The fourth-order valence-corrected chi connectivity index (χ4v) is 3.66. The summed E-state index contributed by atoms with van der Waals surface area (Å²) in [6.07, 6.45) is 0. The van der Waals surface area contributed by atoms with Crippen molar-refractivity contribution in [1.29, 1.82) is 0 Å². The van der Waals surface area contributed by atoms with Crippen LogP contribution in [-0.2, 0) is 13.1 Å². The number of rotatable bonds is 6. The molecule has 0 bridgehead atoms. The van der Waals surface area contributed by atoms with Crippen LogP contribution in [0.1, 0.15) is 31.9 Å². The van der Waals surface area contributed by atoms with Crippen molar-refractivity contribution in [2.75, 3.05) is 24.6 Å². The molecule has 1 aliphatic heterocycles. The Kier molecular flexibility index (Phi) is 6.52. The van der Waals surface area contributed by atoms with E-state index in [9.17, 15) is 4.39 Å². The minimum Gasteiger partial charge on any atom is -0.312 e. The zero-order valence-corrected chi connectivity index (χ0v) is 14.2. The molecule has 0 aliphatic carbocycles. The Balaban J connectivity index is 1.97. The van der Waals surface area contributed by atoms with Gasteiger partial charge in [-0.1, -0.05) is 26.0 Å². The van der Waals surface area contributed by atoms with Crippen LogP contribution in [-0.4, -0.2) is 35.5 Å². The van der Waals surface area contributed by atoms with Crippen molar-refractivity contribution in [2.45, 2.75) is 39.9 Å². The van der Waals surface area contributed by atoms with Crippen molar-refractivity contribution in [2.24, 2.45) is 5.92 Å². The van der Waals surface area contributed by atoms with E-state index in [2.05, 4.69) is 31.0 Å². The molecule has 1 aromatic carbocycles. The van der Waals surface area contributed by atoms with E-state index in [1.807, 2.05) is 23.9 Å². The van der Waals surface area contributed by atoms with E-state index >= 15 is 0 Å². The monoisotopic (exact) mass is 310 g/mol. The first-order valence-corrected chi connectivity index (χ1v) is 9.01. The van der Waals surface area contributed by atoms with Gasteiger partial charge in [-0.15, -0.1) is 0 Å². The molecular weight excluding hydrogens is 283 g/mol. The average molecular weight is 310 g/mol. The van der Waals surface area contributed by atoms with E-state index in [1.54, 1.807) is 6.07 Å². The lowest BCUT2D eigenvalue weighted by molar-refractivity contribution is 0.221. The molecule has 21 heavy (non-hydrogen) atoms. The second kappa shape index (κ2) is 8.16. The highest BCUT2D eigenvalue weighted by molar-refractivity contribution is 7.99. The molecule has 0 spiro atoms. The van der Waals surface area contributed by atoms with Gasteiger partial charge in [0.2, 0.25) is 0 Å². The lowest BCUT2D eigenvalue weighted by atomic mass is 10.1. The summed E-state index contributed by atoms with van der Waals surface area (Å²) in [7, 11) is 0. The van der Waals surface area contributed by atoms with Crippen LogP contribution in [0.15, 0.2) is 18.2 Å². The van der Waals surface area contributed by atoms with E-state index in [1.165, 1.54) is 5.56 Å². The summed E-state index contributed by atoms with van der Waals surface area (Å²) in [5.74, 6) is 2.86. The van der Waals surface area contributed by atoms with Gasteiger partial charge in [0.05, 0.1) is 0 Å². The molecule has 1 atom stereocenters. The molecule has 118 valence electrons. The zero-order valence-electron chi connectivity index (χ0n) is 13.4. The molecule has 1 aliphatic rings. The first kappa shape index (κ1) is 16.8. The Morgan fingerprint density at radius 2 is 2.24 bits per heavy atom. The van der Waals surface area contributed by atoms with Gasteiger partial charge < -0.3 is 5.32 Å². The maximum atomic E-state index is 14.0. The van der Waals surface area contributed by atoms with Gasteiger partial charge in [0.25, 0.3) is 0 Å². The Hall–Kier alpha value is -0.580. The van der Waals surface area contributed by atoms with Crippen molar-refractivity contribution in [3.05, 3.63) is 35.1 Å². The Morgan fingerprint density at radius 3 is 2.95 bits per heavy atom. The van der Waals surface area contributed by atoms with Crippen LogP contribution in [0.3, 0.4) is 0 Å². The molecule has 0 aromatic heterocycles. The highest BCUT2D eigenvalue weighted by Crippen LogP contribution is 2.20. The van der Waals surface area contributed by atoms with Gasteiger partial charge in [-0.3, -0.25) is 4.90 Å². The number of benzene rings is 1. The van der Waals surface area contributed by atoms with Gasteiger partial charge >= 0.3 is 0 Å². The van der Waals surface area contributed by atoms with Crippen LogP contribution >= 0.6 is 11.8 Å². The normalized spacial score (nSPS) is 20.1. The van der Waals surface area contributed by atoms with Gasteiger partial charge in [0.1, 0.15) is 5.82 Å². The number of nitrogens with zero attached hydrogens (tertiary/aromatic N) is 1. The number of thioether (sulfide) groups is 1. The lowest BCUT2D eigenvalue weighted by Gasteiger charge is -2.33. The number of halogens is 1. The quantitative estimate of drug-likeness (QED) is 0.865. The summed E-state index contributed by atoms with van der Waals surface area (Å²) in [5, 5.41) is 3.42. The molecule has 1 saturated heterocycles. The summed E-state index contributed by atoms with van der Waals surface area (Å²) in [5.41, 5.74) is 2.00. The summed E-state index contributed by atoms with van der Waals surface area (Å²) < 4.78 is 14.0. The topological polar surface area (TPSA) is 15.3 Å². The molecule has 0 amide bonds. The second-order valence-corrected chi connectivity index (χ2v) is 7.49. The highest BCUT2D eigenvalue weighted by Gasteiger charge is 2.19. The van der Waals surface area contributed by atoms with Gasteiger partial charge in [-0.2, -0.15) is 11.8 Å². The molecule has 2 nitrogen and oxygen atoms in total. The van der Waals surface area contributed by atoms with E-state index in [4.69, 9.17) is 0 Å². The Morgan fingerprint density at radius 1 is 1.43 bits per heavy atom. The predicted octanol–water partition coefficient (Wildman–Crippen LogP) is 3.51. The molecule has 1 fully saturated rings. The van der Waals surface area contributed by atoms with Gasteiger partial charge in [-0.25, -0.2) is 4.39 Å². The number of hydrogen-bond donors (Lipinski definition) is 1. The summed E-state index contributed by atoms with van der Waals surface area (Å²) >= 11 is 1.99. The van der Waals surface area contributed by atoms with Crippen LogP contribution < -0.4 is 5.32 Å².